The van der Waals surface area contributed by atoms with E-state index in [9.17, 15) is 40.8 Å². The van der Waals surface area contributed by atoms with E-state index in [1.165, 1.54) is 6.07 Å². The number of alkyl halides is 3. The van der Waals surface area contributed by atoms with Crippen LogP contribution in [0.15, 0.2) is 24.3 Å². The second-order valence-corrected chi connectivity index (χ2v) is 17.9. The van der Waals surface area contributed by atoms with Gasteiger partial charge in [0.05, 0.1) is 29.8 Å². The average molecular weight is 846 g/mol. The van der Waals surface area contributed by atoms with E-state index in [0.29, 0.717) is 35.2 Å². The topological polar surface area (TPSA) is 192 Å². The number of carbonyl (C=O) groups is 4. The minimum absolute atomic E-state index is 0.101. The Morgan fingerprint density at radius 2 is 1.79 bits per heavy atom. The van der Waals surface area contributed by atoms with E-state index in [4.69, 9.17) is 30.0 Å². The molecular weight excluding hydrogens is 799 g/mol. The maximum atomic E-state index is 14.6. The Morgan fingerprint density at radius 3 is 2.35 bits per heavy atom. The fraction of sp³-hybridized carbons (Fsp3) is 0.649. The van der Waals surface area contributed by atoms with Crippen LogP contribution in [0.2, 0.25) is 5.02 Å². The van der Waals surface area contributed by atoms with Gasteiger partial charge in [-0.3, -0.25) is 18.6 Å². The van der Waals surface area contributed by atoms with Crippen molar-refractivity contribution >= 4 is 56.6 Å². The van der Waals surface area contributed by atoms with Crippen molar-refractivity contribution in [1.82, 2.24) is 25.2 Å². The van der Waals surface area contributed by atoms with Crippen LogP contribution >= 0.6 is 11.6 Å². The van der Waals surface area contributed by atoms with Crippen LogP contribution in [0, 0.1) is 11.3 Å². The summed E-state index contributed by atoms with van der Waals surface area (Å²) in [7, 11) is -4.49. The molecule has 0 radical (unpaired) electrons. The first-order valence-corrected chi connectivity index (χ1v) is 20.7. The summed E-state index contributed by atoms with van der Waals surface area (Å²) in [5.41, 5.74) is -5.08. The van der Waals surface area contributed by atoms with E-state index in [2.05, 4.69) is 15.6 Å². The van der Waals surface area contributed by atoms with Crippen molar-refractivity contribution in [3.63, 3.8) is 0 Å². The van der Waals surface area contributed by atoms with Crippen molar-refractivity contribution in [2.45, 2.75) is 128 Å². The maximum Gasteiger partial charge on any atom is 0.428 e. The van der Waals surface area contributed by atoms with Gasteiger partial charge in [-0.2, -0.15) is 21.6 Å². The summed E-state index contributed by atoms with van der Waals surface area (Å²) in [6, 6.07) is 3.71. The van der Waals surface area contributed by atoms with Crippen LogP contribution in [0.1, 0.15) is 86.0 Å². The number of ether oxygens (including phenoxy) is 3. The van der Waals surface area contributed by atoms with Crippen molar-refractivity contribution in [1.29, 1.82) is 0 Å². The standard InChI is InChI=1S/C37H47ClF3N5O10S/c1-6-20-18-36(20,32(49)45-57(51,52)56-21-12-13-21)44-30(47)25-16-22(54-26-17-27(53-7-2)42-28-23(26)10-8-11-24(28)38)19-46(25)31(48)29(34(3,4)5)43-33(50)55-35(14-9-15-35)37(39,40)41/h8,10-11,17,20-22,25,29H,6-7,9,12-16,18-19H2,1-5H3,(H,43,50)(H,44,47)(H,45,49)/t20-,22-,25+,29-,36-/m1/s1. The molecule has 1 saturated heterocycles. The Kier molecular flexibility index (Phi) is 11.6. The van der Waals surface area contributed by atoms with E-state index >= 15 is 0 Å². The Balaban J connectivity index is 1.30. The lowest BCUT2D eigenvalue weighted by molar-refractivity contribution is -0.284. The number of pyridine rings is 1. The highest BCUT2D eigenvalue weighted by Gasteiger charge is 2.63. The SMILES string of the molecule is CCOc1cc(O[C@@H]2C[C@@H](C(=O)N[C@]3(C(=O)NS(=O)(=O)OC4CC4)C[C@H]3CC)N(C(=O)[C@@H](NC(=O)OC3(C(F)(F)F)CCC3)C(C)(C)C)C2)c2cccc(Cl)c2n1. The summed E-state index contributed by atoms with van der Waals surface area (Å²) in [6.45, 7) is 8.30. The van der Waals surface area contributed by atoms with Gasteiger partial charge in [-0.05, 0) is 68.9 Å². The predicted molar refractivity (Wildman–Crippen MR) is 198 cm³/mol. The van der Waals surface area contributed by atoms with Gasteiger partial charge in [0.15, 0.2) is 0 Å². The number of likely N-dealkylation sites (tertiary alicyclic amines) is 1. The number of amides is 4. The third-order valence-corrected chi connectivity index (χ3v) is 12.1. The molecule has 314 valence electrons. The summed E-state index contributed by atoms with van der Waals surface area (Å²) >= 11 is 6.46. The maximum absolute atomic E-state index is 14.6. The van der Waals surface area contributed by atoms with Gasteiger partial charge in [-0.15, -0.1) is 0 Å². The summed E-state index contributed by atoms with van der Waals surface area (Å²) in [5, 5.41) is 5.85. The summed E-state index contributed by atoms with van der Waals surface area (Å²) in [6.07, 6.45) is -6.99. The van der Waals surface area contributed by atoms with Crippen molar-refractivity contribution in [3.05, 3.63) is 29.3 Å². The Hall–Kier alpha value is -4.10. The van der Waals surface area contributed by atoms with Gasteiger partial charge in [0.1, 0.15) is 29.5 Å². The van der Waals surface area contributed by atoms with E-state index in [1.807, 2.05) is 4.72 Å². The number of nitrogens with zero attached hydrogens (tertiary/aromatic N) is 2. The second-order valence-electron chi connectivity index (χ2n) is 16.1. The Labute approximate surface area is 333 Å². The monoisotopic (exact) mass is 845 g/mol. The molecule has 4 amide bonds. The molecular formula is C37H47ClF3N5O10S. The highest BCUT2D eigenvalue weighted by atomic mass is 35.5. The molecule has 2 heterocycles. The summed E-state index contributed by atoms with van der Waals surface area (Å²) in [5.74, 6) is -2.64. The smallest absolute Gasteiger partial charge is 0.428 e. The van der Waals surface area contributed by atoms with Crippen LogP contribution < -0.4 is 24.8 Å². The fourth-order valence-corrected chi connectivity index (χ4v) is 8.53. The second kappa shape index (κ2) is 15.6. The zero-order valence-corrected chi connectivity index (χ0v) is 33.7. The number of hydrogen-bond acceptors (Lipinski definition) is 11. The molecule has 1 aliphatic heterocycles. The Bertz CT molecular complexity index is 2020. The molecule has 1 aromatic carbocycles. The summed E-state index contributed by atoms with van der Waals surface area (Å²) < 4.78 is 90.9. The molecule has 0 unspecified atom stereocenters. The number of carbonyl (C=O) groups excluding carboxylic acids is 4. The van der Waals surface area contributed by atoms with Gasteiger partial charge < -0.3 is 29.7 Å². The van der Waals surface area contributed by atoms with Crippen LogP contribution in [0.5, 0.6) is 11.6 Å². The molecule has 3 N–H and O–H groups in total. The highest BCUT2D eigenvalue weighted by Crippen LogP contribution is 2.49. The minimum atomic E-state index is -4.83. The lowest BCUT2D eigenvalue weighted by atomic mass is 9.79. The quantitative estimate of drug-likeness (QED) is 0.230. The van der Waals surface area contributed by atoms with Gasteiger partial charge in [0.2, 0.25) is 23.3 Å². The number of para-hydroxylation sites is 1. The molecule has 57 heavy (non-hydrogen) atoms. The summed E-state index contributed by atoms with van der Waals surface area (Å²) in [4.78, 5) is 61.2. The predicted octanol–water partition coefficient (Wildman–Crippen LogP) is 5.09. The lowest BCUT2D eigenvalue weighted by Crippen LogP contribution is -2.61. The van der Waals surface area contributed by atoms with E-state index in [1.54, 1.807) is 52.8 Å². The van der Waals surface area contributed by atoms with Gasteiger partial charge >= 0.3 is 22.6 Å². The Morgan fingerprint density at radius 1 is 1.09 bits per heavy atom. The first-order valence-electron chi connectivity index (χ1n) is 18.9. The molecule has 4 fully saturated rings. The zero-order valence-electron chi connectivity index (χ0n) is 32.2. The number of aromatic nitrogens is 1. The lowest BCUT2D eigenvalue weighted by Gasteiger charge is -2.42. The van der Waals surface area contributed by atoms with Gasteiger partial charge in [0.25, 0.3) is 5.91 Å². The number of hydrogen-bond donors (Lipinski definition) is 3. The normalized spacial score (nSPS) is 24.9. The molecule has 3 aliphatic carbocycles. The van der Waals surface area contributed by atoms with Crippen LogP contribution in [0.3, 0.4) is 0 Å². The minimum Gasteiger partial charge on any atom is -0.488 e. The molecule has 6 rings (SSSR count). The number of halogens is 4. The molecule has 4 aliphatic rings. The fourth-order valence-electron chi connectivity index (χ4n) is 7.30. The van der Waals surface area contributed by atoms with Crippen molar-refractivity contribution in [2.24, 2.45) is 11.3 Å². The number of alkyl carbamates (subject to hydrolysis) is 1. The largest absolute Gasteiger partial charge is 0.488 e. The molecule has 0 spiro atoms. The first-order chi connectivity index (χ1) is 26.6. The van der Waals surface area contributed by atoms with Gasteiger partial charge in [-0.25, -0.2) is 14.5 Å². The van der Waals surface area contributed by atoms with Crippen molar-refractivity contribution in [3.8, 4) is 11.6 Å². The van der Waals surface area contributed by atoms with Gasteiger partial charge in [-0.1, -0.05) is 51.8 Å². The molecule has 2 aromatic rings. The molecule has 1 aromatic heterocycles. The van der Waals surface area contributed by atoms with Crippen molar-refractivity contribution < 1.29 is 59.2 Å². The van der Waals surface area contributed by atoms with Crippen molar-refractivity contribution in [2.75, 3.05) is 13.2 Å². The van der Waals surface area contributed by atoms with E-state index in [0.717, 1.165) is 4.90 Å². The highest BCUT2D eigenvalue weighted by molar-refractivity contribution is 7.85. The van der Waals surface area contributed by atoms with Gasteiger partial charge in [0, 0.05) is 17.9 Å². The third-order valence-electron chi connectivity index (χ3n) is 10.9. The molecule has 3 saturated carbocycles. The van der Waals surface area contributed by atoms with Crippen LogP contribution in [0.4, 0.5) is 18.0 Å². The molecule has 20 heteroatoms. The van der Waals surface area contributed by atoms with Crippen LogP contribution in [-0.4, -0.2) is 96.9 Å². The van der Waals surface area contributed by atoms with Crippen LogP contribution in [0.25, 0.3) is 10.9 Å². The van der Waals surface area contributed by atoms with Crippen LogP contribution in [-0.2, 0) is 33.6 Å². The zero-order chi connectivity index (χ0) is 41.7. The van der Waals surface area contributed by atoms with E-state index in [-0.39, 0.29) is 44.0 Å². The van der Waals surface area contributed by atoms with E-state index < -0.39 is 99.9 Å². The third kappa shape index (κ3) is 8.99. The number of fused-ring (bicyclic) bond motifs is 1. The first kappa shape index (κ1) is 42.5. The molecule has 5 atom stereocenters. The number of nitrogens with one attached hydrogen (secondary N) is 3. The molecule has 0 bridgehead atoms. The molecule has 15 nitrogen and oxygen atoms in total. The number of rotatable bonds is 14. The average Bonchev–Trinajstić information content (AvgIpc) is 4.00. The number of benzene rings is 1.